The van der Waals surface area contributed by atoms with Gasteiger partial charge in [0.25, 0.3) is 5.91 Å². The molecule has 2 aromatic carbocycles. The molecule has 0 unspecified atom stereocenters. The second kappa shape index (κ2) is 7.72. The van der Waals surface area contributed by atoms with Crippen LogP contribution in [0.25, 0.3) is 10.9 Å². The summed E-state index contributed by atoms with van der Waals surface area (Å²) in [4.78, 5) is 31.1. The van der Waals surface area contributed by atoms with E-state index in [-0.39, 0.29) is 11.8 Å². The van der Waals surface area contributed by atoms with Gasteiger partial charge in [0.15, 0.2) is 0 Å². The molecule has 4 rings (SSSR count). The maximum atomic E-state index is 12.8. The molecule has 1 aromatic heterocycles. The van der Waals surface area contributed by atoms with Crippen molar-refractivity contribution in [3.63, 3.8) is 0 Å². The number of aromatic nitrogens is 1. The number of fused-ring (bicyclic) bond motifs is 1. The fraction of sp³-hybridized carbons (Fsp3) is 0.227. The third-order valence-corrected chi connectivity index (χ3v) is 5.39. The number of carbonyl (C=O) groups is 2. The summed E-state index contributed by atoms with van der Waals surface area (Å²) in [5.74, 6) is 0.0200. The molecule has 0 atom stereocenters. The van der Waals surface area contributed by atoms with Gasteiger partial charge in [-0.25, -0.2) is 0 Å². The minimum absolute atomic E-state index is 0.138. The number of nitrogens with one attached hydrogen (secondary N) is 1. The van der Waals surface area contributed by atoms with Crippen molar-refractivity contribution < 1.29 is 9.59 Å². The molecule has 3 aromatic rings. The first kappa shape index (κ1) is 18.6. The van der Waals surface area contributed by atoms with Crippen LogP contribution in [0, 0.1) is 6.92 Å². The van der Waals surface area contributed by atoms with E-state index >= 15 is 0 Å². The monoisotopic (exact) mass is 437 g/mol. The van der Waals surface area contributed by atoms with Crippen molar-refractivity contribution >= 4 is 44.3 Å². The van der Waals surface area contributed by atoms with Gasteiger partial charge in [-0.2, -0.15) is 0 Å². The van der Waals surface area contributed by atoms with Crippen LogP contribution in [0.2, 0.25) is 0 Å². The highest BCUT2D eigenvalue weighted by Crippen LogP contribution is 2.24. The Morgan fingerprint density at radius 2 is 2.07 bits per heavy atom. The molecule has 1 fully saturated rings. The Labute approximate surface area is 171 Å². The Morgan fingerprint density at radius 3 is 2.86 bits per heavy atom. The number of pyridine rings is 1. The van der Waals surface area contributed by atoms with Crippen LogP contribution in [0.15, 0.2) is 53.0 Å². The second-order valence-electron chi connectivity index (χ2n) is 6.97. The molecule has 6 heteroatoms. The molecule has 0 bridgehead atoms. The molecular formula is C22H20BrN3O2. The zero-order valence-corrected chi connectivity index (χ0v) is 17.1. The Morgan fingerprint density at radius 1 is 1.21 bits per heavy atom. The quantitative estimate of drug-likeness (QED) is 0.659. The van der Waals surface area contributed by atoms with Gasteiger partial charge in [0, 0.05) is 40.8 Å². The molecule has 0 aliphatic carbocycles. The second-order valence-corrected chi connectivity index (χ2v) is 7.89. The number of hydrogen-bond donors (Lipinski definition) is 1. The van der Waals surface area contributed by atoms with E-state index in [0.29, 0.717) is 18.5 Å². The minimum atomic E-state index is -0.138. The number of anilines is 1. The highest BCUT2D eigenvalue weighted by molar-refractivity contribution is 9.10. The number of halogens is 1. The fourth-order valence-electron chi connectivity index (χ4n) is 3.55. The predicted molar refractivity (Wildman–Crippen MR) is 113 cm³/mol. The van der Waals surface area contributed by atoms with Crippen LogP contribution < -0.4 is 10.2 Å². The standard InChI is InChI=1S/C22H20BrN3O2/c1-14-10-19(18-8-7-16(23)12-20(18)25-14)22(28)24-13-15-4-2-5-17(11-15)26-9-3-6-21(26)27/h2,4-5,7-8,10-12H,3,6,9,13H2,1H3,(H,24,28). The van der Waals surface area contributed by atoms with E-state index in [1.807, 2.05) is 60.4 Å². The smallest absolute Gasteiger partial charge is 0.252 e. The highest BCUT2D eigenvalue weighted by Gasteiger charge is 2.21. The number of amides is 2. The van der Waals surface area contributed by atoms with Crippen LogP contribution in [0.5, 0.6) is 0 Å². The van der Waals surface area contributed by atoms with Crippen LogP contribution in [0.1, 0.15) is 34.5 Å². The van der Waals surface area contributed by atoms with Gasteiger partial charge in [0.1, 0.15) is 0 Å². The SMILES string of the molecule is Cc1cc(C(=O)NCc2cccc(N3CCCC3=O)c2)c2ccc(Br)cc2n1. The van der Waals surface area contributed by atoms with Crippen molar-refractivity contribution in [2.75, 3.05) is 11.4 Å². The molecule has 2 amide bonds. The van der Waals surface area contributed by atoms with Gasteiger partial charge in [0.05, 0.1) is 11.1 Å². The molecule has 0 spiro atoms. The van der Waals surface area contributed by atoms with Crippen molar-refractivity contribution in [2.45, 2.75) is 26.3 Å². The van der Waals surface area contributed by atoms with Gasteiger partial charge in [0.2, 0.25) is 5.91 Å². The summed E-state index contributed by atoms with van der Waals surface area (Å²) in [5, 5.41) is 3.82. The average molecular weight is 438 g/mol. The van der Waals surface area contributed by atoms with Gasteiger partial charge in [-0.3, -0.25) is 14.6 Å². The molecular weight excluding hydrogens is 418 g/mol. The first-order valence-electron chi connectivity index (χ1n) is 9.26. The zero-order valence-electron chi connectivity index (χ0n) is 15.5. The largest absolute Gasteiger partial charge is 0.348 e. The first-order chi connectivity index (χ1) is 13.5. The van der Waals surface area contributed by atoms with Gasteiger partial charge in [-0.1, -0.05) is 34.1 Å². The maximum absolute atomic E-state index is 12.8. The summed E-state index contributed by atoms with van der Waals surface area (Å²) in [6.07, 6.45) is 1.50. The van der Waals surface area contributed by atoms with Crippen molar-refractivity contribution in [3.05, 3.63) is 69.8 Å². The first-order valence-corrected chi connectivity index (χ1v) is 10.0. The number of hydrogen-bond acceptors (Lipinski definition) is 3. The summed E-state index contributed by atoms with van der Waals surface area (Å²) in [7, 11) is 0. The van der Waals surface area contributed by atoms with Crippen molar-refractivity contribution in [1.29, 1.82) is 0 Å². The van der Waals surface area contributed by atoms with Crippen LogP contribution in [-0.2, 0) is 11.3 Å². The van der Waals surface area contributed by atoms with E-state index in [2.05, 4.69) is 26.2 Å². The molecule has 1 aliphatic rings. The van der Waals surface area contributed by atoms with E-state index in [1.165, 1.54) is 0 Å². The van der Waals surface area contributed by atoms with E-state index in [1.54, 1.807) is 0 Å². The number of rotatable bonds is 4. The number of carbonyl (C=O) groups excluding carboxylic acids is 2. The Balaban J connectivity index is 1.54. The molecule has 1 saturated heterocycles. The van der Waals surface area contributed by atoms with Crippen molar-refractivity contribution in [3.8, 4) is 0 Å². The molecule has 142 valence electrons. The maximum Gasteiger partial charge on any atom is 0.252 e. The lowest BCUT2D eigenvalue weighted by molar-refractivity contribution is -0.117. The van der Waals surface area contributed by atoms with Gasteiger partial charge < -0.3 is 10.2 Å². The molecule has 1 N–H and O–H groups in total. The minimum Gasteiger partial charge on any atom is -0.348 e. The predicted octanol–water partition coefficient (Wildman–Crippen LogP) is 4.36. The normalized spacial score (nSPS) is 13.9. The van der Waals surface area contributed by atoms with E-state index in [4.69, 9.17) is 0 Å². The summed E-state index contributed by atoms with van der Waals surface area (Å²) in [6.45, 7) is 3.04. The topological polar surface area (TPSA) is 62.3 Å². The summed E-state index contributed by atoms with van der Waals surface area (Å²) in [6, 6.07) is 15.3. The van der Waals surface area contributed by atoms with Crippen LogP contribution in [0.4, 0.5) is 5.69 Å². The Kier molecular flexibility index (Phi) is 5.13. The zero-order chi connectivity index (χ0) is 19.7. The van der Waals surface area contributed by atoms with Crippen molar-refractivity contribution in [2.24, 2.45) is 0 Å². The lowest BCUT2D eigenvalue weighted by Crippen LogP contribution is -2.25. The van der Waals surface area contributed by atoms with Crippen LogP contribution >= 0.6 is 15.9 Å². The Hall–Kier alpha value is -2.73. The lowest BCUT2D eigenvalue weighted by atomic mass is 10.1. The number of benzene rings is 2. The van der Waals surface area contributed by atoms with E-state index in [0.717, 1.165) is 45.3 Å². The molecule has 0 saturated carbocycles. The van der Waals surface area contributed by atoms with E-state index in [9.17, 15) is 9.59 Å². The van der Waals surface area contributed by atoms with Gasteiger partial charge >= 0.3 is 0 Å². The van der Waals surface area contributed by atoms with E-state index < -0.39 is 0 Å². The summed E-state index contributed by atoms with van der Waals surface area (Å²) >= 11 is 3.45. The van der Waals surface area contributed by atoms with Gasteiger partial charge in [-0.05, 0) is 49.2 Å². The summed E-state index contributed by atoms with van der Waals surface area (Å²) in [5.41, 5.74) is 4.05. The third-order valence-electron chi connectivity index (χ3n) is 4.89. The highest BCUT2D eigenvalue weighted by atomic mass is 79.9. The number of nitrogens with zero attached hydrogens (tertiary/aromatic N) is 2. The molecule has 28 heavy (non-hydrogen) atoms. The molecule has 5 nitrogen and oxygen atoms in total. The molecule has 1 aliphatic heterocycles. The van der Waals surface area contributed by atoms with Gasteiger partial charge in [-0.15, -0.1) is 0 Å². The van der Waals surface area contributed by atoms with Crippen molar-refractivity contribution in [1.82, 2.24) is 10.3 Å². The third kappa shape index (κ3) is 3.78. The van der Waals surface area contributed by atoms with Crippen LogP contribution in [0.3, 0.4) is 0 Å². The Bertz CT molecular complexity index is 1080. The average Bonchev–Trinajstić information content (AvgIpc) is 3.11. The van der Waals surface area contributed by atoms with Crippen LogP contribution in [-0.4, -0.2) is 23.3 Å². The lowest BCUT2D eigenvalue weighted by Gasteiger charge is -2.17. The summed E-state index contributed by atoms with van der Waals surface area (Å²) < 4.78 is 0.928. The fourth-order valence-corrected chi connectivity index (χ4v) is 3.90. The number of aryl methyl sites for hydroxylation is 1. The molecule has 0 radical (unpaired) electrons. The molecule has 2 heterocycles.